The molecule has 0 saturated carbocycles. The number of aromatic carboxylic acids is 1. The highest BCUT2D eigenvalue weighted by atomic mass is 16.5. The zero-order valence-electron chi connectivity index (χ0n) is 40.9. The fraction of sp³-hybridized carbons (Fsp3) is 0.688. The van der Waals surface area contributed by atoms with E-state index >= 15 is 0 Å². The zero-order valence-corrected chi connectivity index (χ0v) is 40.9. The number of likely N-dealkylation sites (N-methyl/N-ethyl adjacent to an activating group) is 1. The lowest BCUT2D eigenvalue weighted by molar-refractivity contribution is -0.143. The van der Waals surface area contributed by atoms with Gasteiger partial charge in [-0.1, -0.05) is 32.1 Å². The summed E-state index contributed by atoms with van der Waals surface area (Å²) in [7, 11) is 1.75. The zero-order chi connectivity index (χ0) is 51.8. The molecular formula is C48H77N5O17. The van der Waals surface area contributed by atoms with Gasteiger partial charge in [0.05, 0.1) is 51.2 Å². The molecule has 70 heavy (non-hydrogen) atoms. The lowest BCUT2D eigenvalue weighted by Gasteiger charge is -2.17. The number of unbranched alkanes of at least 4 members (excludes halogenated alkanes) is 7. The first-order valence-corrected chi connectivity index (χ1v) is 24.2. The van der Waals surface area contributed by atoms with Crippen molar-refractivity contribution in [2.24, 2.45) is 0 Å². The van der Waals surface area contributed by atoms with Gasteiger partial charge in [-0.3, -0.25) is 28.8 Å². The molecule has 0 saturated heterocycles. The Balaban J connectivity index is 2.05. The minimum Gasteiger partial charge on any atom is -0.494 e. The SMILES string of the molecule is CN[C@@H](CCCCNC(=O)COCCOCCCC(=O)COCCOCCNC(=O)CC[C@H](NC(=O)CC[C@H](NC(=O)CCCCCCCCCOc1ccc(C(=O)O)cc1)C(=O)O)C(=O)O)C(C)=O. The van der Waals surface area contributed by atoms with Gasteiger partial charge in [-0.15, -0.1) is 0 Å². The number of carbonyl (C=O) groups is 9. The van der Waals surface area contributed by atoms with Crippen LogP contribution in [0.4, 0.5) is 0 Å². The molecule has 1 aromatic rings. The van der Waals surface area contributed by atoms with E-state index in [2.05, 4.69) is 26.6 Å². The molecule has 0 aliphatic rings. The van der Waals surface area contributed by atoms with Crippen LogP contribution in [-0.4, -0.2) is 166 Å². The van der Waals surface area contributed by atoms with Crippen LogP contribution in [0.3, 0.4) is 0 Å². The number of hydrogen-bond acceptors (Lipinski definition) is 15. The van der Waals surface area contributed by atoms with Crippen molar-refractivity contribution in [1.82, 2.24) is 26.6 Å². The molecule has 4 amide bonds. The van der Waals surface area contributed by atoms with Crippen LogP contribution in [-0.2, 0) is 57.3 Å². The predicted octanol–water partition coefficient (Wildman–Crippen LogP) is 2.58. The quantitative estimate of drug-likeness (QED) is 0.0435. The van der Waals surface area contributed by atoms with E-state index in [1.54, 1.807) is 26.1 Å². The Morgan fingerprint density at radius 1 is 0.486 bits per heavy atom. The number of rotatable bonds is 46. The highest BCUT2D eigenvalue weighted by molar-refractivity contribution is 5.88. The van der Waals surface area contributed by atoms with Gasteiger partial charge in [0.2, 0.25) is 23.6 Å². The van der Waals surface area contributed by atoms with Gasteiger partial charge in [0, 0.05) is 45.4 Å². The Morgan fingerprint density at radius 3 is 1.63 bits per heavy atom. The number of carbonyl (C=O) groups excluding carboxylic acids is 6. The molecule has 0 unspecified atom stereocenters. The van der Waals surface area contributed by atoms with E-state index in [1.807, 2.05) is 0 Å². The molecule has 1 aromatic carbocycles. The van der Waals surface area contributed by atoms with Gasteiger partial charge in [-0.25, -0.2) is 14.4 Å². The number of ether oxygens (including phenoxy) is 5. The fourth-order valence-corrected chi connectivity index (χ4v) is 6.64. The molecule has 0 aromatic heterocycles. The molecule has 22 heteroatoms. The van der Waals surface area contributed by atoms with E-state index in [9.17, 15) is 53.4 Å². The minimum atomic E-state index is -1.40. The Morgan fingerprint density at radius 2 is 1.03 bits per heavy atom. The van der Waals surface area contributed by atoms with Crippen molar-refractivity contribution < 1.29 is 82.2 Å². The molecule has 3 atom stereocenters. The van der Waals surface area contributed by atoms with Crippen LogP contribution in [0.15, 0.2) is 24.3 Å². The van der Waals surface area contributed by atoms with Crippen molar-refractivity contribution in [2.45, 2.75) is 134 Å². The molecule has 0 fully saturated rings. The van der Waals surface area contributed by atoms with Crippen LogP contribution in [0.25, 0.3) is 0 Å². The van der Waals surface area contributed by atoms with Crippen molar-refractivity contribution in [2.75, 3.05) is 79.6 Å². The van der Waals surface area contributed by atoms with Gasteiger partial charge >= 0.3 is 17.9 Å². The van der Waals surface area contributed by atoms with Gasteiger partial charge in [-0.05, 0) is 89.6 Å². The number of aliphatic carboxylic acids is 2. The first-order valence-electron chi connectivity index (χ1n) is 24.2. The van der Waals surface area contributed by atoms with E-state index in [4.69, 9.17) is 28.8 Å². The van der Waals surface area contributed by atoms with Crippen LogP contribution >= 0.6 is 0 Å². The Kier molecular flexibility index (Phi) is 35.9. The number of nitrogens with one attached hydrogen (secondary N) is 5. The molecule has 0 aliphatic carbocycles. The van der Waals surface area contributed by atoms with Crippen LogP contribution in [0.5, 0.6) is 5.75 Å². The molecule has 1 rings (SSSR count). The number of carboxylic acids is 3. The smallest absolute Gasteiger partial charge is 0.335 e. The van der Waals surface area contributed by atoms with Gasteiger partial charge in [0.25, 0.3) is 0 Å². The summed E-state index contributed by atoms with van der Waals surface area (Å²) in [6, 6.07) is 3.32. The molecule has 0 heterocycles. The average Bonchev–Trinajstić information content (AvgIpc) is 3.32. The van der Waals surface area contributed by atoms with Gasteiger partial charge in [-0.2, -0.15) is 0 Å². The third-order valence-electron chi connectivity index (χ3n) is 10.6. The average molecular weight is 996 g/mol. The maximum atomic E-state index is 12.5. The minimum absolute atomic E-state index is 0.0834. The summed E-state index contributed by atoms with van der Waals surface area (Å²) in [5, 5.41) is 41.2. The van der Waals surface area contributed by atoms with Crippen LogP contribution < -0.4 is 31.3 Å². The summed E-state index contributed by atoms with van der Waals surface area (Å²) < 4.78 is 27.1. The lowest BCUT2D eigenvalue weighted by Crippen LogP contribution is -2.44. The maximum Gasteiger partial charge on any atom is 0.335 e. The van der Waals surface area contributed by atoms with Crippen molar-refractivity contribution in [3.63, 3.8) is 0 Å². The van der Waals surface area contributed by atoms with Crippen LogP contribution in [0.2, 0.25) is 0 Å². The van der Waals surface area contributed by atoms with Gasteiger partial charge in [0.1, 0.15) is 36.8 Å². The summed E-state index contributed by atoms with van der Waals surface area (Å²) in [4.78, 5) is 107. The van der Waals surface area contributed by atoms with Gasteiger partial charge in [0.15, 0.2) is 5.78 Å². The lowest BCUT2D eigenvalue weighted by atomic mass is 10.1. The van der Waals surface area contributed by atoms with E-state index in [0.29, 0.717) is 44.8 Å². The Labute approximate surface area is 410 Å². The second kappa shape index (κ2) is 40.2. The normalized spacial score (nSPS) is 12.3. The first-order chi connectivity index (χ1) is 33.6. The molecule has 0 bridgehead atoms. The topological polar surface area (TPSA) is 321 Å². The Bertz CT molecular complexity index is 1710. The molecule has 396 valence electrons. The maximum absolute atomic E-state index is 12.5. The van der Waals surface area contributed by atoms with Crippen molar-refractivity contribution in [3.8, 4) is 5.75 Å². The van der Waals surface area contributed by atoms with E-state index < -0.39 is 47.7 Å². The second-order valence-electron chi connectivity index (χ2n) is 16.5. The molecule has 0 spiro atoms. The third-order valence-corrected chi connectivity index (χ3v) is 10.6. The number of hydrogen-bond donors (Lipinski definition) is 8. The summed E-state index contributed by atoms with van der Waals surface area (Å²) in [6.07, 6.45) is 8.05. The van der Waals surface area contributed by atoms with Crippen LogP contribution in [0, 0.1) is 0 Å². The second-order valence-corrected chi connectivity index (χ2v) is 16.5. The highest BCUT2D eigenvalue weighted by Gasteiger charge is 2.24. The first kappa shape index (κ1) is 62.5. The van der Waals surface area contributed by atoms with E-state index in [1.165, 1.54) is 12.1 Å². The van der Waals surface area contributed by atoms with Gasteiger partial charge < -0.3 is 65.6 Å². The number of carboxylic acid groups (broad SMARTS) is 3. The summed E-state index contributed by atoms with van der Waals surface area (Å²) in [6.45, 7) is 3.81. The summed E-state index contributed by atoms with van der Waals surface area (Å²) >= 11 is 0. The number of benzene rings is 1. The Hall–Kier alpha value is -5.55. The van der Waals surface area contributed by atoms with Crippen molar-refractivity contribution in [3.05, 3.63) is 29.8 Å². The summed E-state index contributed by atoms with van der Waals surface area (Å²) in [5.41, 5.74) is 0.196. The number of ketones is 2. The summed E-state index contributed by atoms with van der Waals surface area (Å²) in [5.74, 6) is -5.01. The standard InChI is InChI=1S/C48H77N5O17/c1-35(54)39(49-2)14-9-10-24-50-45(59)34-69-32-29-66-26-12-13-37(55)33-68-31-30-67-28-25-51-42(56)22-20-40(47(62)63)53-44(58)23-21-41(48(64)65)52-43(57)15-8-6-4-3-5-7-11-27-70-38-18-16-36(17-19-38)46(60)61/h16-19,39-41,49H,3-15,20-34H2,1-2H3,(H,50,59)(H,51,56)(H,52,57)(H,53,58)(H,60,61)(H,62,63)(H,64,65)/t39-,40-,41-/m0/s1. The molecule has 8 N–H and O–H groups in total. The fourth-order valence-electron chi connectivity index (χ4n) is 6.64. The van der Waals surface area contributed by atoms with Crippen molar-refractivity contribution in [1.29, 1.82) is 0 Å². The van der Waals surface area contributed by atoms with Crippen LogP contribution in [0.1, 0.15) is 126 Å². The largest absolute Gasteiger partial charge is 0.494 e. The number of Topliss-reactive ketones (excluding diaryl/α,β-unsaturated/α-hetero) is 2. The number of amides is 4. The molecule has 22 nitrogen and oxygen atoms in total. The third kappa shape index (κ3) is 33.9. The van der Waals surface area contributed by atoms with Crippen molar-refractivity contribution >= 4 is 53.1 Å². The molecule has 0 aliphatic heterocycles. The van der Waals surface area contributed by atoms with E-state index in [-0.39, 0.29) is 120 Å². The highest BCUT2D eigenvalue weighted by Crippen LogP contribution is 2.14. The molecule has 0 radical (unpaired) electrons. The molecular weight excluding hydrogens is 919 g/mol. The monoisotopic (exact) mass is 996 g/mol. The predicted molar refractivity (Wildman–Crippen MR) is 254 cm³/mol. The van der Waals surface area contributed by atoms with E-state index in [0.717, 1.165) is 51.4 Å².